The Labute approximate surface area is 170 Å². The van der Waals surface area contributed by atoms with Crippen LogP contribution < -0.4 is 9.47 Å². The molecule has 0 aromatic heterocycles. The highest BCUT2D eigenvalue weighted by molar-refractivity contribution is 7.89. The van der Waals surface area contributed by atoms with Crippen LogP contribution in [0.2, 0.25) is 5.02 Å². The number of carbonyl (C=O) groups is 1. The van der Waals surface area contributed by atoms with E-state index in [1.165, 1.54) is 23.5 Å². The minimum atomic E-state index is -3.69. The first-order valence-electron chi connectivity index (χ1n) is 8.93. The maximum absolute atomic E-state index is 12.9. The highest BCUT2D eigenvalue weighted by atomic mass is 35.5. The number of rotatable bonds is 5. The second-order valence-corrected chi connectivity index (χ2v) is 9.08. The Morgan fingerprint density at radius 1 is 1.18 bits per heavy atom. The normalized spacial score (nSPS) is 17.9. The summed E-state index contributed by atoms with van der Waals surface area (Å²) < 4.78 is 37.8. The molecule has 1 atom stereocenters. The molecule has 1 heterocycles. The van der Waals surface area contributed by atoms with E-state index in [1.54, 1.807) is 37.3 Å². The molecule has 0 amide bonds. The van der Waals surface area contributed by atoms with Crippen LogP contribution in [-0.2, 0) is 14.8 Å². The number of halogens is 1. The van der Waals surface area contributed by atoms with Crippen molar-refractivity contribution in [2.45, 2.75) is 24.7 Å². The summed E-state index contributed by atoms with van der Waals surface area (Å²) in [6.07, 6.45) is 1.18. The molecule has 0 N–H and O–H groups in total. The number of carbonyl (C=O) groups excluding carboxylic acids is 1. The van der Waals surface area contributed by atoms with Crippen LogP contribution in [-0.4, -0.2) is 38.9 Å². The van der Waals surface area contributed by atoms with Gasteiger partial charge in [-0.1, -0.05) is 11.6 Å². The van der Waals surface area contributed by atoms with Gasteiger partial charge < -0.3 is 9.47 Å². The van der Waals surface area contributed by atoms with Crippen molar-refractivity contribution in [1.29, 1.82) is 0 Å². The number of ether oxygens (including phenoxy) is 2. The van der Waals surface area contributed by atoms with E-state index in [1.807, 2.05) is 0 Å². The Hall–Kier alpha value is -2.09. The summed E-state index contributed by atoms with van der Waals surface area (Å²) in [4.78, 5) is 12.8. The molecule has 0 aliphatic carbocycles. The zero-order chi connectivity index (χ0) is 20.3. The first-order valence-corrected chi connectivity index (χ1v) is 10.7. The van der Waals surface area contributed by atoms with Crippen molar-refractivity contribution in [3.63, 3.8) is 0 Å². The molecule has 8 heteroatoms. The lowest BCUT2D eigenvalue weighted by Crippen LogP contribution is -2.43. The Bertz CT molecular complexity index is 959. The molecule has 0 radical (unpaired) electrons. The Balaban J connectivity index is 1.72. The zero-order valence-corrected chi connectivity index (χ0v) is 17.3. The van der Waals surface area contributed by atoms with Gasteiger partial charge in [-0.3, -0.25) is 4.79 Å². The summed E-state index contributed by atoms with van der Waals surface area (Å²) in [7, 11) is -2.17. The molecule has 2 aromatic carbocycles. The van der Waals surface area contributed by atoms with E-state index in [9.17, 15) is 13.2 Å². The highest BCUT2D eigenvalue weighted by Crippen LogP contribution is 2.28. The summed E-state index contributed by atoms with van der Waals surface area (Å²) >= 11 is 5.93. The van der Waals surface area contributed by atoms with E-state index in [4.69, 9.17) is 21.1 Å². The van der Waals surface area contributed by atoms with Crippen molar-refractivity contribution in [3.05, 3.63) is 53.1 Å². The maximum atomic E-state index is 12.9. The predicted molar refractivity (Wildman–Crippen MR) is 106 cm³/mol. The zero-order valence-electron chi connectivity index (χ0n) is 15.7. The molecule has 1 fully saturated rings. The number of hydrogen-bond donors (Lipinski definition) is 0. The van der Waals surface area contributed by atoms with Crippen molar-refractivity contribution in [2.75, 3.05) is 20.2 Å². The molecule has 150 valence electrons. The van der Waals surface area contributed by atoms with E-state index in [2.05, 4.69) is 0 Å². The van der Waals surface area contributed by atoms with Gasteiger partial charge >= 0.3 is 5.97 Å². The monoisotopic (exact) mass is 423 g/mol. The van der Waals surface area contributed by atoms with Crippen molar-refractivity contribution < 1.29 is 22.7 Å². The lowest BCUT2D eigenvalue weighted by atomic mass is 10.00. The van der Waals surface area contributed by atoms with Crippen LogP contribution in [0.25, 0.3) is 0 Å². The van der Waals surface area contributed by atoms with Gasteiger partial charge in [0.2, 0.25) is 10.0 Å². The molecule has 1 saturated heterocycles. The Kier molecular flexibility index (Phi) is 6.27. The summed E-state index contributed by atoms with van der Waals surface area (Å²) in [5.74, 6) is 0.0684. The van der Waals surface area contributed by atoms with Gasteiger partial charge in [-0.15, -0.1) is 0 Å². The molecule has 1 aliphatic heterocycles. The van der Waals surface area contributed by atoms with Crippen LogP contribution in [0, 0.1) is 12.8 Å². The predicted octanol–water partition coefficient (Wildman–Crippen LogP) is 3.66. The minimum absolute atomic E-state index is 0.0971. The number of esters is 1. The second-order valence-electron chi connectivity index (χ2n) is 6.71. The van der Waals surface area contributed by atoms with Gasteiger partial charge in [0, 0.05) is 18.1 Å². The van der Waals surface area contributed by atoms with Crippen molar-refractivity contribution in [1.82, 2.24) is 4.31 Å². The molecule has 0 spiro atoms. The average Bonchev–Trinajstić information content (AvgIpc) is 2.70. The van der Waals surface area contributed by atoms with Gasteiger partial charge in [0.05, 0.1) is 17.9 Å². The standard InChI is InChI=1S/C20H22ClNO5S/c1-14-12-16(21)5-10-19(14)27-20(23)15-4-3-11-22(13-15)28(24,25)18-8-6-17(26-2)7-9-18/h5-10,12,15H,3-4,11,13H2,1-2H3. The summed E-state index contributed by atoms with van der Waals surface area (Å²) in [5.41, 5.74) is 0.749. The molecular weight excluding hydrogens is 402 g/mol. The van der Waals surface area contributed by atoms with Crippen LogP contribution in [0.5, 0.6) is 11.5 Å². The van der Waals surface area contributed by atoms with E-state index in [0.717, 1.165) is 5.56 Å². The van der Waals surface area contributed by atoms with Gasteiger partial charge in [-0.2, -0.15) is 4.31 Å². The molecule has 6 nitrogen and oxygen atoms in total. The minimum Gasteiger partial charge on any atom is -0.497 e. The quantitative estimate of drug-likeness (QED) is 0.542. The third-order valence-electron chi connectivity index (χ3n) is 4.76. The van der Waals surface area contributed by atoms with Crippen molar-refractivity contribution >= 4 is 27.6 Å². The molecule has 2 aromatic rings. The maximum Gasteiger partial charge on any atom is 0.315 e. The van der Waals surface area contributed by atoms with Crippen LogP contribution >= 0.6 is 11.6 Å². The van der Waals surface area contributed by atoms with Crippen LogP contribution in [0.3, 0.4) is 0 Å². The smallest absolute Gasteiger partial charge is 0.315 e. The Morgan fingerprint density at radius 2 is 1.89 bits per heavy atom. The third-order valence-corrected chi connectivity index (χ3v) is 6.88. The number of aryl methyl sites for hydroxylation is 1. The molecule has 0 saturated carbocycles. The van der Waals surface area contributed by atoms with Crippen LogP contribution in [0.1, 0.15) is 18.4 Å². The fraction of sp³-hybridized carbons (Fsp3) is 0.350. The fourth-order valence-electron chi connectivity index (χ4n) is 3.17. The largest absolute Gasteiger partial charge is 0.497 e. The van der Waals surface area contributed by atoms with Gasteiger partial charge in [0.15, 0.2) is 0 Å². The number of benzene rings is 2. The number of sulfonamides is 1. The molecule has 28 heavy (non-hydrogen) atoms. The summed E-state index contributed by atoms with van der Waals surface area (Å²) in [5, 5.41) is 0.562. The highest BCUT2D eigenvalue weighted by Gasteiger charge is 2.34. The summed E-state index contributed by atoms with van der Waals surface area (Å²) in [6.45, 7) is 2.27. The number of piperidine rings is 1. The van der Waals surface area contributed by atoms with Gasteiger partial charge in [0.25, 0.3) is 0 Å². The fourth-order valence-corrected chi connectivity index (χ4v) is 4.92. The molecule has 0 bridgehead atoms. The van der Waals surface area contributed by atoms with Gasteiger partial charge in [-0.25, -0.2) is 8.42 Å². The number of methoxy groups -OCH3 is 1. The van der Waals surface area contributed by atoms with E-state index in [-0.39, 0.29) is 11.4 Å². The van der Waals surface area contributed by atoms with E-state index < -0.39 is 21.9 Å². The summed E-state index contributed by atoms with van der Waals surface area (Å²) in [6, 6.07) is 11.2. The Morgan fingerprint density at radius 3 is 2.54 bits per heavy atom. The van der Waals surface area contributed by atoms with Gasteiger partial charge in [-0.05, 0) is 67.8 Å². The first kappa shape index (κ1) is 20.6. The molecular formula is C20H22ClNO5S. The third kappa shape index (κ3) is 4.48. The first-order chi connectivity index (χ1) is 13.3. The van der Waals surface area contributed by atoms with E-state index >= 15 is 0 Å². The van der Waals surface area contributed by atoms with E-state index in [0.29, 0.717) is 35.9 Å². The second kappa shape index (κ2) is 8.51. The molecule has 1 aliphatic rings. The lowest BCUT2D eigenvalue weighted by molar-refractivity contribution is -0.140. The number of nitrogens with zero attached hydrogens (tertiary/aromatic N) is 1. The number of hydrogen-bond acceptors (Lipinski definition) is 5. The van der Waals surface area contributed by atoms with Gasteiger partial charge in [0.1, 0.15) is 11.5 Å². The van der Waals surface area contributed by atoms with Crippen LogP contribution in [0.4, 0.5) is 0 Å². The van der Waals surface area contributed by atoms with Crippen molar-refractivity contribution in [3.8, 4) is 11.5 Å². The molecule has 3 rings (SSSR count). The SMILES string of the molecule is COc1ccc(S(=O)(=O)N2CCCC(C(=O)Oc3ccc(Cl)cc3C)C2)cc1. The van der Waals surface area contributed by atoms with Crippen LogP contribution in [0.15, 0.2) is 47.4 Å². The topological polar surface area (TPSA) is 72.9 Å². The molecule has 1 unspecified atom stereocenters. The van der Waals surface area contributed by atoms with Crippen molar-refractivity contribution in [2.24, 2.45) is 5.92 Å². The average molecular weight is 424 g/mol. The lowest BCUT2D eigenvalue weighted by Gasteiger charge is -2.30.